The Morgan fingerprint density at radius 2 is 1.08 bits per heavy atom. The molecule has 4 aliphatic carbocycles. The quantitative estimate of drug-likeness (QED) is 0.120. The minimum Gasteiger partial charge on any atom is -1.00 e. The van der Waals surface area contributed by atoms with Crippen molar-refractivity contribution in [3.05, 3.63) is 84.4 Å². The van der Waals surface area contributed by atoms with Crippen molar-refractivity contribution in [2.75, 3.05) is 0 Å². The Morgan fingerprint density at radius 1 is 0.627 bits per heavy atom. The molecule has 3 aromatic carbocycles. The van der Waals surface area contributed by atoms with Crippen molar-refractivity contribution in [3.63, 3.8) is 0 Å². The SMILES string of the molecule is CCCCC.Cc1[c-]cccc1.[Cl-].[Fe+2].[Ni+2].c1c[cH-]c(P(C2CCCCC2)C2CCCCC2)c1.c1cc[c-](P(C2CCCCC2)C2CCCCC2)c1. The largest absolute Gasteiger partial charge is 2.00 e. The molecule has 0 spiro atoms. The van der Waals surface area contributed by atoms with E-state index in [0.717, 1.165) is 22.6 Å². The fourth-order valence-corrected chi connectivity index (χ4v) is 16.4. The fourth-order valence-electron chi connectivity index (χ4n) is 8.79. The summed E-state index contributed by atoms with van der Waals surface area (Å²) in [5, 5.41) is 3.45. The number of hydrogen-bond donors (Lipinski definition) is 0. The van der Waals surface area contributed by atoms with Gasteiger partial charge in [-0.15, -0.1) is 18.5 Å². The van der Waals surface area contributed by atoms with Crippen molar-refractivity contribution in [2.24, 2.45) is 0 Å². The molecule has 4 fully saturated rings. The Hall–Kier alpha value is 0.0830. The summed E-state index contributed by atoms with van der Waals surface area (Å²) < 4.78 is 0. The van der Waals surface area contributed by atoms with Crippen molar-refractivity contribution >= 4 is 26.5 Å². The molecule has 7 rings (SSSR count). The molecule has 3 aromatic rings. The molecular formula is C46H71ClFeNiP2. The Balaban J connectivity index is 0.000000372. The number of rotatable bonds is 8. The first kappa shape index (κ1) is 49.1. The molecule has 51 heavy (non-hydrogen) atoms. The standard InChI is InChI=1S/2C17H26P.C7H7.C5H12.ClH.Fe.Ni/c2*1-3-9-15(10-4-1)18(17-13-7-8-14-17)16-11-5-2-6-12-16;1-7-5-3-2-4-6-7;1-3-5-4-2;;;/h2*7-8,13-16H,1-6,9-12H2;2-5H,1H3;3-5H2,1-2H3;1H;;/q3*-1;;;2*+2/p-1. The molecule has 290 valence electrons. The van der Waals surface area contributed by atoms with Crippen molar-refractivity contribution in [2.45, 2.75) is 191 Å². The number of benzene rings is 1. The molecular weight excluding hydrogens is 764 g/mol. The fraction of sp³-hybridized carbons (Fsp3) is 0.652. The summed E-state index contributed by atoms with van der Waals surface area (Å²) >= 11 is 0. The molecule has 0 N–H and O–H groups in total. The van der Waals surface area contributed by atoms with E-state index in [2.05, 4.69) is 68.4 Å². The van der Waals surface area contributed by atoms with E-state index in [9.17, 15) is 0 Å². The summed E-state index contributed by atoms with van der Waals surface area (Å²) in [5.74, 6) is 0. The third-order valence-corrected chi connectivity index (χ3v) is 18.3. The van der Waals surface area contributed by atoms with Crippen molar-refractivity contribution in [3.8, 4) is 0 Å². The van der Waals surface area contributed by atoms with Gasteiger partial charge in [-0.3, -0.25) is 0 Å². The summed E-state index contributed by atoms with van der Waals surface area (Å²) in [5.41, 5.74) is 5.42. The first-order valence-corrected chi connectivity index (χ1v) is 23.6. The number of aryl methyl sites for hydroxylation is 1. The zero-order valence-electron chi connectivity index (χ0n) is 32.4. The predicted molar refractivity (Wildman–Crippen MR) is 220 cm³/mol. The molecule has 0 unspecified atom stereocenters. The van der Waals surface area contributed by atoms with E-state index in [-0.39, 0.29) is 61.8 Å². The van der Waals surface area contributed by atoms with Crippen molar-refractivity contribution < 1.29 is 46.0 Å². The first-order valence-electron chi connectivity index (χ1n) is 20.6. The Labute approximate surface area is 345 Å². The molecule has 0 heterocycles. The second kappa shape index (κ2) is 30.3. The van der Waals surface area contributed by atoms with Crippen molar-refractivity contribution in [1.82, 2.24) is 0 Å². The van der Waals surface area contributed by atoms with Crippen LogP contribution in [0.15, 0.2) is 72.8 Å². The summed E-state index contributed by atoms with van der Waals surface area (Å²) in [6.07, 6.45) is 34.2. The van der Waals surface area contributed by atoms with E-state index in [1.807, 2.05) is 31.2 Å². The van der Waals surface area contributed by atoms with Gasteiger partial charge in [0.2, 0.25) is 0 Å². The van der Waals surface area contributed by atoms with E-state index in [0.29, 0.717) is 0 Å². The van der Waals surface area contributed by atoms with Crippen LogP contribution in [0.25, 0.3) is 0 Å². The van der Waals surface area contributed by atoms with Crippen molar-refractivity contribution in [1.29, 1.82) is 0 Å². The van der Waals surface area contributed by atoms with Gasteiger partial charge in [0.1, 0.15) is 0 Å². The molecule has 0 saturated heterocycles. The minimum absolute atomic E-state index is 0. The van der Waals surface area contributed by atoms with Crippen LogP contribution in [0.3, 0.4) is 0 Å². The van der Waals surface area contributed by atoms with Crippen LogP contribution < -0.4 is 23.0 Å². The smallest absolute Gasteiger partial charge is 1.00 e. The van der Waals surface area contributed by atoms with Crippen LogP contribution in [0, 0.1) is 13.0 Å². The third kappa shape index (κ3) is 18.1. The van der Waals surface area contributed by atoms with Gasteiger partial charge in [0.15, 0.2) is 0 Å². The van der Waals surface area contributed by atoms with Crippen LogP contribution in [0.1, 0.15) is 167 Å². The number of halogens is 1. The molecule has 0 amide bonds. The van der Waals surface area contributed by atoms with Gasteiger partial charge in [0.05, 0.1) is 0 Å². The molecule has 5 heteroatoms. The van der Waals surface area contributed by atoms with Gasteiger partial charge < -0.3 is 12.4 Å². The van der Waals surface area contributed by atoms with Gasteiger partial charge in [-0.05, 0) is 74.0 Å². The summed E-state index contributed by atoms with van der Waals surface area (Å²) in [6, 6.07) is 29.7. The van der Waals surface area contributed by atoms with E-state index >= 15 is 0 Å². The van der Waals surface area contributed by atoms with Crippen LogP contribution in [0.4, 0.5) is 0 Å². The van der Waals surface area contributed by atoms with Gasteiger partial charge in [-0.1, -0.05) is 125 Å². The second-order valence-corrected chi connectivity index (χ2v) is 20.8. The molecule has 4 aliphatic rings. The Morgan fingerprint density at radius 3 is 1.39 bits per heavy atom. The van der Waals surface area contributed by atoms with Gasteiger partial charge >= 0.3 is 33.6 Å². The van der Waals surface area contributed by atoms with E-state index < -0.39 is 0 Å². The Kier molecular flexibility index (Phi) is 29.2. The molecule has 0 aliphatic heterocycles. The third-order valence-electron chi connectivity index (χ3n) is 11.3. The van der Waals surface area contributed by atoms with Gasteiger partial charge in [-0.2, -0.15) is 60.2 Å². The zero-order chi connectivity index (χ0) is 33.7. The average Bonchev–Trinajstić information content (AvgIpc) is 3.88. The zero-order valence-corrected chi connectivity index (χ0v) is 37.1. The molecule has 4 saturated carbocycles. The van der Waals surface area contributed by atoms with Gasteiger partial charge in [-0.25, -0.2) is 24.3 Å². The predicted octanol–water partition coefficient (Wildman–Crippen LogP) is 11.3. The second-order valence-electron chi connectivity index (χ2n) is 15.2. The number of unbranched alkanes of at least 4 members (excludes halogenated alkanes) is 2. The average molecular weight is 836 g/mol. The van der Waals surface area contributed by atoms with Crippen LogP contribution in [0.5, 0.6) is 0 Å². The van der Waals surface area contributed by atoms with Crippen LogP contribution in [0.2, 0.25) is 0 Å². The normalized spacial score (nSPS) is 18.7. The summed E-state index contributed by atoms with van der Waals surface area (Å²) in [6.45, 7) is 6.45. The topological polar surface area (TPSA) is 0 Å². The first-order chi connectivity index (χ1) is 23.7. The van der Waals surface area contributed by atoms with Gasteiger partial charge in [0, 0.05) is 0 Å². The Bertz CT molecular complexity index is 1020. The maximum Gasteiger partial charge on any atom is 2.00 e. The van der Waals surface area contributed by atoms with Gasteiger partial charge in [0.25, 0.3) is 0 Å². The molecule has 0 nitrogen and oxygen atoms in total. The van der Waals surface area contributed by atoms with Crippen LogP contribution in [-0.4, -0.2) is 22.6 Å². The molecule has 0 aromatic heterocycles. The van der Waals surface area contributed by atoms with E-state index in [1.54, 1.807) is 10.6 Å². The van der Waals surface area contributed by atoms with E-state index in [1.165, 1.54) is 153 Å². The summed E-state index contributed by atoms with van der Waals surface area (Å²) in [7, 11) is 0.290. The molecule has 0 bridgehead atoms. The number of hydrogen-bond acceptors (Lipinski definition) is 0. The van der Waals surface area contributed by atoms with Crippen LogP contribution in [-0.2, 0) is 33.6 Å². The maximum absolute atomic E-state index is 3.03. The van der Waals surface area contributed by atoms with Crippen LogP contribution >= 0.6 is 15.8 Å². The van der Waals surface area contributed by atoms with E-state index in [4.69, 9.17) is 0 Å². The molecule has 0 radical (unpaired) electrons. The monoisotopic (exact) mass is 834 g/mol. The summed E-state index contributed by atoms with van der Waals surface area (Å²) in [4.78, 5) is 0. The molecule has 0 atom stereocenters. The maximum atomic E-state index is 3.03. The minimum atomic E-state index is 0.